The monoisotopic (exact) mass is 750 g/mol. The molecule has 18 nitrogen and oxygen atoms in total. The summed E-state index contributed by atoms with van der Waals surface area (Å²) in [5.41, 5.74) is 40.9. The van der Waals surface area contributed by atoms with Gasteiger partial charge in [-0.05, 0) is 53.4 Å². The summed E-state index contributed by atoms with van der Waals surface area (Å²) in [6.45, 7) is 6.70. The molecule has 296 valence electrons. The maximum absolute atomic E-state index is 13.9. The Morgan fingerprint density at radius 1 is 0.611 bits per heavy atom. The standard InChI is InChI=1S/C36H58N14O4/c1-36(2,3)29(32(54)49-26(6-4-16-44-33(38)39)30(52)46-20-24-14-10-23(19-37)11-15-24)50-31(53)27(7-5-17-45-34(40)41)48-28(51)18-22-8-12-25(13-9-22)21-47-35(42)43/h8-15,26-27,29H,4-7,16-21,37H2,1-3H3,(H,46,52)(H,48,51)(H,49,54)(H,50,53)(H4,38,39,44)(H4,40,41,45)(H4,42,43,47)/t26-,27-,29+/m0/s1. The zero-order valence-corrected chi connectivity index (χ0v) is 31.4. The molecule has 18 N–H and O–H groups in total. The van der Waals surface area contributed by atoms with Gasteiger partial charge in [-0.25, -0.2) is 4.99 Å². The number of benzene rings is 2. The summed E-state index contributed by atoms with van der Waals surface area (Å²) in [6.07, 6.45) is 1.11. The topological polar surface area (TPSA) is 336 Å². The van der Waals surface area contributed by atoms with E-state index in [2.05, 4.69) is 36.2 Å². The molecule has 0 saturated heterocycles. The van der Waals surface area contributed by atoms with Gasteiger partial charge < -0.3 is 61.4 Å². The maximum Gasteiger partial charge on any atom is 0.243 e. The highest BCUT2D eigenvalue weighted by atomic mass is 16.2. The van der Waals surface area contributed by atoms with Crippen LogP contribution in [0.25, 0.3) is 0 Å². The maximum atomic E-state index is 13.9. The number of carbonyl (C=O) groups is 4. The number of hydrogen-bond acceptors (Lipinski definition) is 8. The minimum Gasteiger partial charge on any atom is -0.370 e. The van der Waals surface area contributed by atoms with Crippen LogP contribution in [-0.2, 0) is 45.2 Å². The van der Waals surface area contributed by atoms with Crippen molar-refractivity contribution in [3.8, 4) is 0 Å². The predicted octanol–water partition coefficient (Wildman–Crippen LogP) is -1.61. The minimum absolute atomic E-state index is 0.0166. The zero-order valence-electron chi connectivity index (χ0n) is 31.4. The second kappa shape index (κ2) is 22.2. The first kappa shape index (κ1) is 44.3. The quantitative estimate of drug-likeness (QED) is 0.0391. The molecule has 0 radical (unpaired) electrons. The van der Waals surface area contributed by atoms with Gasteiger partial charge in [0.15, 0.2) is 17.9 Å². The van der Waals surface area contributed by atoms with Gasteiger partial charge in [-0.2, -0.15) is 0 Å². The number of nitrogens with zero attached hydrogens (tertiary/aromatic N) is 3. The van der Waals surface area contributed by atoms with Gasteiger partial charge in [-0.3, -0.25) is 29.2 Å². The van der Waals surface area contributed by atoms with Crippen LogP contribution in [0.15, 0.2) is 63.5 Å². The van der Waals surface area contributed by atoms with Crippen LogP contribution in [-0.4, -0.2) is 72.7 Å². The molecule has 4 amide bonds. The van der Waals surface area contributed by atoms with E-state index in [1.54, 1.807) is 45.0 Å². The highest BCUT2D eigenvalue weighted by Gasteiger charge is 2.36. The normalized spacial score (nSPS) is 12.6. The first-order chi connectivity index (χ1) is 25.5. The zero-order chi connectivity index (χ0) is 40.3. The molecule has 0 fully saturated rings. The number of amides is 4. The number of rotatable bonds is 21. The van der Waals surface area contributed by atoms with Crippen molar-refractivity contribution in [2.75, 3.05) is 13.1 Å². The average Bonchev–Trinajstić information content (AvgIpc) is 3.11. The Bertz CT molecular complexity index is 1610. The summed E-state index contributed by atoms with van der Waals surface area (Å²) < 4.78 is 0. The van der Waals surface area contributed by atoms with Crippen LogP contribution in [0.2, 0.25) is 0 Å². The van der Waals surface area contributed by atoms with Crippen LogP contribution < -0.4 is 61.4 Å². The lowest BCUT2D eigenvalue weighted by molar-refractivity contribution is -0.136. The number of hydrogen-bond donors (Lipinski definition) is 11. The number of aliphatic imine (C=N–C) groups is 3. The lowest BCUT2D eigenvalue weighted by Crippen LogP contribution is -2.60. The molecule has 0 aliphatic carbocycles. The Labute approximate surface area is 316 Å². The highest BCUT2D eigenvalue weighted by molar-refractivity contribution is 5.95. The van der Waals surface area contributed by atoms with Gasteiger partial charge in [0.2, 0.25) is 23.6 Å². The molecule has 3 atom stereocenters. The fourth-order valence-corrected chi connectivity index (χ4v) is 5.20. The molecule has 0 saturated carbocycles. The van der Waals surface area contributed by atoms with Gasteiger partial charge in [0.25, 0.3) is 0 Å². The first-order valence-electron chi connectivity index (χ1n) is 17.7. The van der Waals surface area contributed by atoms with Crippen LogP contribution in [0.3, 0.4) is 0 Å². The minimum atomic E-state index is -1.10. The summed E-state index contributed by atoms with van der Waals surface area (Å²) in [7, 11) is 0. The Balaban J connectivity index is 2.23. The molecular weight excluding hydrogens is 692 g/mol. The van der Waals surface area contributed by atoms with Crippen molar-refractivity contribution in [2.45, 2.75) is 90.6 Å². The van der Waals surface area contributed by atoms with E-state index in [9.17, 15) is 19.2 Å². The largest absolute Gasteiger partial charge is 0.370 e. The van der Waals surface area contributed by atoms with Gasteiger partial charge in [0.05, 0.1) is 13.0 Å². The fourth-order valence-electron chi connectivity index (χ4n) is 5.20. The van der Waals surface area contributed by atoms with Crippen molar-refractivity contribution in [1.29, 1.82) is 0 Å². The molecule has 2 aromatic carbocycles. The third kappa shape index (κ3) is 17.1. The molecule has 0 heterocycles. The Morgan fingerprint density at radius 3 is 1.59 bits per heavy atom. The Hall–Kier alpha value is -5.91. The second-order valence-electron chi connectivity index (χ2n) is 13.9. The van der Waals surface area contributed by atoms with Crippen LogP contribution in [0.5, 0.6) is 0 Å². The lowest BCUT2D eigenvalue weighted by atomic mass is 9.85. The number of carbonyl (C=O) groups excluding carboxylic acids is 4. The highest BCUT2D eigenvalue weighted by Crippen LogP contribution is 2.21. The molecule has 2 aromatic rings. The van der Waals surface area contributed by atoms with Crippen LogP contribution >= 0.6 is 0 Å². The van der Waals surface area contributed by atoms with E-state index in [0.29, 0.717) is 31.5 Å². The van der Waals surface area contributed by atoms with Gasteiger partial charge in [0, 0.05) is 26.2 Å². The molecule has 0 aliphatic heterocycles. The van der Waals surface area contributed by atoms with Gasteiger partial charge >= 0.3 is 0 Å². The van der Waals surface area contributed by atoms with Crippen LogP contribution in [0.4, 0.5) is 0 Å². The molecule has 54 heavy (non-hydrogen) atoms. The number of guanidine groups is 3. The summed E-state index contributed by atoms with van der Waals surface area (Å²) >= 11 is 0. The summed E-state index contributed by atoms with van der Waals surface area (Å²) in [5.74, 6) is -2.24. The predicted molar refractivity (Wildman–Crippen MR) is 211 cm³/mol. The smallest absolute Gasteiger partial charge is 0.243 e. The van der Waals surface area contributed by atoms with Gasteiger partial charge in [0.1, 0.15) is 18.1 Å². The van der Waals surface area contributed by atoms with Gasteiger partial charge in [-0.1, -0.05) is 69.3 Å². The molecule has 0 aromatic heterocycles. The van der Waals surface area contributed by atoms with Crippen molar-refractivity contribution in [3.63, 3.8) is 0 Å². The third-order valence-corrected chi connectivity index (χ3v) is 8.15. The molecule has 18 heteroatoms. The van der Waals surface area contributed by atoms with E-state index in [1.165, 1.54) is 0 Å². The molecule has 0 unspecified atom stereocenters. The Morgan fingerprint density at radius 2 is 1.09 bits per heavy atom. The summed E-state index contributed by atoms with van der Waals surface area (Å²) in [6, 6.07) is 11.5. The van der Waals surface area contributed by atoms with Crippen molar-refractivity contribution in [3.05, 3.63) is 70.8 Å². The third-order valence-electron chi connectivity index (χ3n) is 8.15. The molecule has 0 spiro atoms. The Kier molecular flexibility index (Phi) is 18.2. The van der Waals surface area contributed by atoms with Crippen molar-refractivity contribution in [1.82, 2.24) is 21.3 Å². The van der Waals surface area contributed by atoms with E-state index in [-0.39, 0.29) is 56.8 Å². The van der Waals surface area contributed by atoms with E-state index >= 15 is 0 Å². The van der Waals surface area contributed by atoms with E-state index in [0.717, 1.165) is 16.7 Å². The van der Waals surface area contributed by atoms with Crippen molar-refractivity contribution in [2.24, 2.45) is 60.5 Å². The molecule has 0 bridgehead atoms. The number of nitrogens with two attached hydrogens (primary N) is 7. The fraction of sp³-hybridized carbons (Fsp3) is 0.472. The SMILES string of the molecule is CC(C)(C)[C@H](NC(=O)[C@H](CCCN=C(N)N)NC(=O)Cc1ccc(CN=C(N)N)cc1)C(=O)N[C@@H](CCCN=C(N)N)C(=O)NCc1ccc(CN)cc1. The molecule has 0 aliphatic rings. The van der Waals surface area contributed by atoms with E-state index < -0.39 is 47.2 Å². The van der Waals surface area contributed by atoms with E-state index in [1.807, 2.05) is 24.3 Å². The lowest BCUT2D eigenvalue weighted by Gasteiger charge is -2.33. The molecule has 2 rings (SSSR count). The first-order valence-corrected chi connectivity index (χ1v) is 17.7. The van der Waals surface area contributed by atoms with Crippen LogP contribution in [0.1, 0.15) is 68.7 Å². The van der Waals surface area contributed by atoms with Crippen molar-refractivity contribution < 1.29 is 19.2 Å². The molecular formula is C36H58N14O4. The van der Waals surface area contributed by atoms with Gasteiger partial charge in [-0.15, -0.1) is 0 Å². The summed E-state index contributed by atoms with van der Waals surface area (Å²) in [4.78, 5) is 66.3. The number of nitrogens with one attached hydrogen (secondary N) is 4. The van der Waals surface area contributed by atoms with E-state index in [4.69, 9.17) is 40.1 Å². The average molecular weight is 751 g/mol. The second-order valence-corrected chi connectivity index (χ2v) is 13.9. The summed E-state index contributed by atoms with van der Waals surface area (Å²) in [5, 5.41) is 11.3. The van der Waals surface area contributed by atoms with Crippen molar-refractivity contribution >= 4 is 41.5 Å². The van der Waals surface area contributed by atoms with Crippen LogP contribution in [0, 0.1) is 5.41 Å².